The average Bonchev–Trinajstić information content (AvgIpc) is 3.19. The predicted octanol–water partition coefficient (Wildman–Crippen LogP) is 14.9. The van der Waals surface area contributed by atoms with Gasteiger partial charge in [0, 0.05) is 0 Å². The molecule has 5 nitrogen and oxygen atoms in total. The Bertz CT molecular complexity index is 829. The first kappa shape index (κ1) is 54.8. The minimum atomic E-state index is -0.925. The van der Waals surface area contributed by atoms with Gasteiger partial charge in [-0.25, -0.2) is 0 Å². The molecule has 0 aromatic heterocycles. The van der Waals surface area contributed by atoms with E-state index in [2.05, 4.69) is 31.3 Å². The molecule has 0 aliphatic heterocycles. The van der Waals surface area contributed by atoms with Gasteiger partial charge in [0.15, 0.2) is 0 Å². The summed E-state index contributed by atoms with van der Waals surface area (Å²) < 4.78 is 0. The van der Waals surface area contributed by atoms with Gasteiger partial charge < -0.3 is 20.6 Å². The molecule has 0 fully saturated rings. The number of rotatable bonds is 46. The number of carbonyl (C=O) groups is 1. The number of allylic oxidation sites excluding steroid dienone is 3. The quantitative estimate of drug-likeness (QED) is 0.0365. The predicted molar refractivity (Wildman–Crippen MR) is 245 cm³/mol. The van der Waals surface area contributed by atoms with Crippen molar-refractivity contribution >= 4 is 5.91 Å². The normalized spacial score (nSPS) is 13.6. The van der Waals surface area contributed by atoms with Crippen LogP contribution in [-0.4, -0.2) is 46.1 Å². The van der Waals surface area contributed by atoms with E-state index in [1.54, 1.807) is 6.08 Å². The van der Waals surface area contributed by atoms with Crippen molar-refractivity contribution in [2.24, 2.45) is 0 Å². The Morgan fingerprint density at radius 3 is 1.09 bits per heavy atom. The van der Waals surface area contributed by atoms with E-state index in [-0.39, 0.29) is 18.9 Å². The lowest BCUT2D eigenvalue weighted by Crippen LogP contribution is -2.45. The van der Waals surface area contributed by atoms with Gasteiger partial charge in [0.25, 0.3) is 0 Å². The Balaban J connectivity index is 3.48. The van der Waals surface area contributed by atoms with E-state index in [4.69, 9.17) is 0 Å². The highest BCUT2D eigenvalue weighted by Crippen LogP contribution is 2.16. The van der Waals surface area contributed by atoms with E-state index in [1.165, 1.54) is 218 Å². The highest BCUT2D eigenvalue weighted by atomic mass is 16.3. The van der Waals surface area contributed by atoms with E-state index >= 15 is 0 Å². The zero-order chi connectivity index (χ0) is 40.8. The second-order valence-electron chi connectivity index (χ2n) is 17.4. The van der Waals surface area contributed by atoms with Crippen molar-refractivity contribution in [3.63, 3.8) is 0 Å². The van der Waals surface area contributed by atoms with Gasteiger partial charge in [-0.2, -0.15) is 0 Å². The fourth-order valence-electron chi connectivity index (χ4n) is 7.87. The molecule has 0 aromatic carbocycles. The molecule has 0 aromatic rings. The Morgan fingerprint density at radius 1 is 0.446 bits per heavy atom. The van der Waals surface area contributed by atoms with E-state index in [1.807, 2.05) is 6.08 Å². The molecule has 3 unspecified atom stereocenters. The maximum atomic E-state index is 12.4. The molecule has 0 aliphatic carbocycles. The number of carbonyl (C=O) groups excluding carboxylic acids is 1. The monoisotopic (exact) mass is 790 g/mol. The summed E-state index contributed by atoms with van der Waals surface area (Å²) in [5.74, 6) is -0.314. The average molecular weight is 790 g/mol. The molecule has 5 heteroatoms. The van der Waals surface area contributed by atoms with Gasteiger partial charge in [-0.05, 0) is 44.9 Å². The van der Waals surface area contributed by atoms with Gasteiger partial charge >= 0.3 is 0 Å². The largest absolute Gasteiger partial charge is 0.394 e. The molecular formula is C51H99NO4. The van der Waals surface area contributed by atoms with Crippen LogP contribution < -0.4 is 5.32 Å². The van der Waals surface area contributed by atoms with Gasteiger partial charge in [0.05, 0.1) is 31.3 Å². The zero-order valence-corrected chi connectivity index (χ0v) is 37.8. The second-order valence-corrected chi connectivity index (χ2v) is 17.4. The van der Waals surface area contributed by atoms with Crippen LogP contribution in [0.15, 0.2) is 24.3 Å². The summed E-state index contributed by atoms with van der Waals surface area (Å²) in [6.45, 7) is 4.20. The first-order valence-corrected chi connectivity index (χ1v) is 25.1. The molecule has 0 heterocycles. The topological polar surface area (TPSA) is 89.8 Å². The summed E-state index contributed by atoms with van der Waals surface area (Å²) in [5.41, 5.74) is 0. The molecule has 0 aliphatic rings. The van der Waals surface area contributed by atoms with Crippen LogP contribution >= 0.6 is 0 Å². The van der Waals surface area contributed by atoms with Crippen LogP contribution in [0.2, 0.25) is 0 Å². The van der Waals surface area contributed by atoms with Crippen molar-refractivity contribution in [1.82, 2.24) is 5.32 Å². The fraction of sp³-hybridized carbons (Fsp3) is 0.902. The highest BCUT2D eigenvalue weighted by molar-refractivity contribution is 5.76. The minimum absolute atomic E-state index is 0.0162. The standard InChI is InChI=1S/C51H99NO4/c1-3-5-7-9-11-13-15-16-17-18-19-20-21-22-23-24-25-26-27-28-29-30-31-32-33-34-35-36-38-40-42-44-48(54)46-51(56)52-49(47-53)50(55)45-43-41-39-37-14-12-10-8-6-4-2/h22-23,43,45,48-50,53-55H,3-21,24-42,44,46-47H2,1-2H3,(H,52,56)/b23-22-,45-43+. The summed E-state index contributed by atoms with van der Waals surface area (Å²) in [6, 6.07) is -0.740. The third-order valence-electron chi connectivity index (χ3n) is 11.7. The molecule has 56 heavy (non-hydrogen) atoms. The second kappa shape index (κ2) is 46.5. The minimum Gasteiger partial charge on any atom is -0.394 e. The molecule has 0 radical (unpaired) electrons. The summed E-state index contributed by atoms with van der Waals surface area (Å²) >= 11 is 0. The van der Waals surface area contributed by atoms with Crippen molar-refractivity contribution in [3.05, 3.63) is 24.3 Å². The molecule has 0 bridgehead atoms. The van der Waals surface area contributed by atoms with Crippen LogP contribution in [0.25, 0.3) is 0 Å². The van der Waals surface area contributed by atoms with Crippen LogP contribution in [0.3, 0.4) is 0 Å². The van der Waals surface area contributed by atoms with Gasteiger partial charge in [0.2, 0.25) is 5.91 Å². The maximum Gasteiger partial charge on any atom is 0.222 e. The van der Waals surface area contributed by atoms with Gasteiger partial charge in [-0.15, -0.1) is 0 Å². The van der Waals surface area contributed by atoms with Gasteiger partial charge in [-0.3, -0.25) is 4.79 Å². The van der Waals surface area contributed by atoms with Crippen LogP contribution in [0.5, 0.6) is 0 Å². The third kappa shape index (κ3) is 42.4. The smallest absolute Gasteiger partial charge is 0.222 e. The Labute approximate surface area is 350 Å². The Kier molecular flexibility index (Phi) is 45.5. The molecule has 0 saturated heterocycles. The number of hydrogen-bond acceptors (Lipinski definition) is 4. The lowest BCUT2D eigenvalue weighted by molar-refractivity contribution is -0.124. The SMILES string of the molecule is CCCCCCCCCC/C=C/C(O)C(CO)NC(=O)CC(O)CCCCCCCCCCCCCCCCC/C=C\CCCCCCCCCCCCCC. The number of aliphatic hydroxyl groups excluding tert-OH is 3. The van der Waals surface area contributed by atoms with Gasteiger partial charge in [-0.1, -0.05) is 244 Å². The Hall–Kier alpha value is -1.17. The number of aliphatic hydroxyl groups is 3. The lowest BCUT2D eigenvalue weighted by Gasteiger charge is -2.21. The number of nitrogens with one attached hydrogen (secondary N) is 1. The number of hydrogen-bond donors (Lipinski definition) is 4. The van der Waals surface area contributed by atoms with Crippen molar-refractivity contribution < 1.29 is 20.1 Å². The molecule has 4 N–H and O–H groups in total. The molecule has 3 atom stereocenters. The fourth-order valence-corrected chi connectivity index (χ4v) is 7.87. The van der Waals surface area contributed by atoms with Gasteiger partial charge in [0.1, 0.15) is 0 Å². The van der Waals surface area contributed by atoms with E-state index in [0.717, 1.165) is 25.7 Å². The summed E-state index contributed by atoms with van der Waals surface area (Å²) in [5, 5.41) is 33.2. The maximum absolute atomic E-state index is 12.4. The van der Waals surface area contributed by atoms with Crippen LogP contribution in [-0.2, 0) is 4.79 Å². The van der Waals surface area contributed by atoms with Crippen molar-refractivity contribution in [1.29, 1.82) is 0 Å². The summed E-state index contributed by atoms with van der Waals surface area (Å²) in [7, 11) is 0. The third-order valence-corrected chi connectivity index (χ3v) is 11.7. The summed E-state index contributed by atoms with van der Waals surface area (Å²) in [6.07, 6.45) is 57.9. The summed E-state index contributed by atoms with van der Waals surface area (Å²) in [4.78, 5) is 12.4. The van der Waals surface area contributed by atoms with Crippen molar-refractivity contribution in [2.45, 2.75) is 289 Å². The molecule has 1 amide bonds. The van der Waals surface area contributed by atoms with Crippen LogP contribution in [0.1, 0.15) is 271 Å². The lowest BCUT2D eigenvalue weighted by atomic mass is 10.0. The van der Waals surface area contributed by atoms with Crippen molar-refractivity contribution in [2.75, 3.05) is 6.61 Å². The molecule has 0 rings (SSSR count). The van der Waals surface area contributed by atoms with Crippen LogP contribution in [0.4, 0.5) is 0 Å². The molecule has 332 valence electrons. The first-order valence-electron chi connectivity index (χ1n) is 25.1. The highest BCUT2D eigenvalue weighted by Gasteiger charge is 2.20. The molecular weight excluding hydrogens is 691 g/mol. The van der Waals surface area contributed by atoms with E-state index < -0.39 is 18.2 Å². The van der Waals surface area contributed by atoms with Crippen LogP contribution in [0, 0.1) is 0 Å². The molecule has 0 saturated carbocycles. The number of amides is 1. The van der Waals surface area contributed by atoms with Crippen molar-refractivity contribution in [3.8, 4) is 0 Å². The van der Waals surface area contributed by atoms with E-state index in [0.29, 0.717) is 6.42 Å². The van der Waals surface area contributed by atoms with E-state index in [9.17, 15) is 20.1 Å². The zero-order valence-electron chi connectivity index (χ0n) is 37.8. The number of unbranched alkanes of at least 4 members (excludes halogenated alkanes) is 35. The first-order chi connectivity index (χ1) is 27.5. The molecule has 0 spiro atoms. The Morgan fingerprint density at radius 2 is 0.750 bits per heavy atom.